The first-order valence-corrected chi connectivity index (χ1v) is 12.7. The van der Waals surface area contributed by atoms with Gasteiger partial charge in [0.2, 0.25) is 17.7 Å². The Morgan fingerprint density at radius 1 is 1.17 bits per heavy atom. The maximum atomic E-state index is 13.9. The van der Waals surface area contributed by atoms with E-state index in [0.717, 1.165) is 11.0 Å². The first-order chi connectivity index (χ1) is 17.3. The molecule has 10 heteroatoms. The first kappa shape index (κ1) is 25.8. The van der Waals surface area contributed by atoms with Crippen LogP contribution in [-0.4, -0.2) is 68.5 Å². The lowest BCUT2D eigenvalue weighted by Crippen LogP contribution is -2.52. The second kappa shape index (κ2) is 10.8. The Balaban J connectivity index is 1.67. The fourth-order valence-corrected chi connectivity index (χ4v) is 5.86. The van der Waals surface area contributed by atoms with Crippen LogP contribution in [0.3, 0.4) is 0 Å². The molecule has 1 aliphatic carbocycles. The van der Waals surface area contributed by atoms with Crippen LogP contribution >= 0.6 is 0 Å². The SMILES string of the molecule is CC[C@@H]1C=C[C@H]2[C@H](C(=O)N([C@@H](CO)CC(C)C)[C@@H]2C(=O)NCn2nnc3ccccc32)[C@@H]1C(=O)NC. The maximum Gasteiger partial charge on any atom is 0.244 e. The number of nitrogens with zero attached hydrogens (tertiary/aromatic N) is 4. The average molecular weight is 497 g/mol. The molecule has 0 unspecified atom stereocenters. The van der Waals surface area contributed by atoms with Crippen LogP contribution in [0.1, 0.15) is 33.6 Å². The van der Waals surface area contributed by atoms with Gasteiger partial charge < -0.3 is 20.6 Å². The van der Waals surface area contributed by atoms with E-state index in [-0.39, 0.29) is 42.8 Å². The summed E-state index contributed by atoms with van der Waals surface area (Å²) in [5.74, 6) is -2.39. The lowest BCUT2D eigenvalue weighted by Gasteiger charge is -2.34. The van der Waals surface area contributed by atoms with Crippen molar-refractivity contribution in [3.05, 3.63) is 36.4 Å². The molecule has 6 atom stereocenters. The number of aliphatic hydroxyl groups excluding tert-OH is 1. The molecule has 2 aliphatic rings. The van der Waals surface area contributed by atoms with E-state index in [4.69, 9.17) is 0 Å². The average Bonchev–Trinajstić information content (AvgIpc) is 3.43. The molecular weight excluding hydrogens is 460 g/mol. The van der Waals surface area contributed by atoms with Crippen molar-refractivity contribution in [2.24, 2.45) is 29.6 Å². The molecule has 0 spiro atoms. The molecular formula is C26H36N6O4. The fraction of sp³-hybridized carbons (Fsp3) is 0.577. The summed E-state index contributed by atoms with van der Waals surface area (Å²) in [4.78, 5) is 42.1. The van der Waals surface area contributed by atoms with Gasteiger partial charge in [0.05, 0.1) is 30.0 Å². The molecule has 1 aromatic heterocycles. The van der Waals surface area contributed by atoms with Gasteiger partial charge in [0.15, 0.2) is 0 Å². The number of rotatable bonds is 9. The van der Waals surface area contributed by atoms with E-state index in [0.29, 0.717) is 12.8 Å². The summed E-state index contributed by atoms with van der Waals surface area (Å²) in [7, 11) is 1.57. The van der Waals surface area contributed by atoms with E-state index in [9.17, 15) is 19.5 Å². The summed E-state index contributed by atoms with van der Waals surface area (Å²) >= 11 is 0. The van der Waals surface area contributed by atoms with E-state index >= 15 is 0 Å². The summed E-state index contributed by atoms with van der Waals surface area (Å²) in [5, 5.41) is 24.2. The van der Waals surface area contributed by atoms with Gasteiger partial charge in [-0.25, -0.2) is 4.68 Å². The molecule has 3 amide bonds. The van der Waals surface area contributed by atoms with Crippen LogP contribution in [-0.2, 0) is 21.1 Å². The zero-order valence-electron chi connectivity index (χ0n) is 21.3. The third kappa shape index (κ3) is 4.61. The molecule has 1 aliphatic heterocycles. The zero-order chi connectivity index (χ0) is 26.0. The van der Waals surface area contributed by atoms with Gasteiger partial charge in [-0.2, -0.15) is 0 Å². The Morgan fingerprint density at radius 3 is 2.58 bits per heavy atom. The highest BCUT2D eigenvalue weighted by Crippen LogP contribution is 2.46. The zero-order valence-corrected chi connectivity index (χ0v) is 21.3. The molecule has 0 saturated carbocycles. The van der Waals surface area contributed by atoms with Crippen LogP contribution in [0.15, 0.2) is 36.4 Å². The standard InChI is InChI=1S/C26H36N6O4/c1-5-16-10-11-18-22(21(16)24(34)27-4)26(36)32(17(13-33)12-15(2)3)23(18)25(35)28-14-31-20-9-7-6-8-19(20)29-30-31/h6-11,15-18,21-23,33H,5,12-14H2,1-4H3,(H,27,34)(H,28,35)/t16-,17-,18+,21-,22+,23+/m1/s1. The number of fused-ring (bicyclic) bond motifs is 2. The van der Waals surface area contributed by atoms with E-state index in [1.165, 1.54) is 0 Å². The minimum Gasteiger partial charge on any atom is -0.394 e. The summed E-state index contributed by atoms with van der Waals surface area (Å²) in [6.45, 7) is 5.85. The van der Waals surface area contributed by atoms with Gasteiger partial charge in [-0.15, -0.1) is 5.10 Å². The second-order valence-electron chi connectivity index (χ2n) is 10.1. The normalized spacial score (nSPS) is 26.3. The largest absolute Gasteiger partial charge is 0.394 e. The van der Waals surface area contributed by atoms with Crippen LogP contribution in [0.25, 0.3) is 11.0 Å². The van der Waals surface area contributed by atoms with Gasteiger partial charge in [0.25, 0.3) is 0 Å². The van der Waals surface area contributed by atoms with Crippen LogP contribution in [0.5, 0.6) is 0 Å². The van der Waals surface area contributed by atoms with Crippen LogP contribution in [0, 0.1) is 29.6 Å². The Hall–Kier alpha value is -3.27. The Kier molecular flexibility index (Phi) is 7.73. The molecule has 1 saturated heterocycles. The highest BCUT2D eigenvalue weighted by molar-refractivity contribution is 5.97. The van der Waals surface area contributed by atoms with Crippen molar-refractivity contribution < 1.29 is 19.5 Å². The van der Waals surface area contributed by atoms with Crippen molar-refractivity contribution in [3.8, 4) is 0 Å². The quantitative estimate of drug-likeness (QED) is 0.449. The van der Waals surface area contributed by atoms with Crippen molar-refractivity contribution in [1.29, 1.82) is 0 Å². The van der Waals surface area contributed by atoms with Gasteiger partial charge >= 0.3 is 0 Å². The van der Waals surface area contributed by atoms with Crippen molar-refractivity contribution in [3.63, 3.8) is 0 Å². The molecule has 194 valence electrons. The van der Waals surface area contributed by atoms with Crippen molar-refractivity contribution in [1.82, 2.24) is 30.5 Å². The third-order valence-electron chi connectivity index (χ3n) is 7.51. The molecule has 2 aromatic rings. The Bertz CT molecular complexity index is 1140. The molecule has 0 bridgehead atoms. The van der Waals surface area contributed by atoms with Gasteiger partial charge in [0, 0.05) is 13.0 Å². The molecule has 4 rings (SSSR count). The summed E-state index contributed by atoms with van der Waals surface area (Å²) < 4.78 is 1.60. The number of amides is 3. The van der Waals surface area contributed by atoms with Gasteiger partial charge in [-0.05, 0) is 36.8 Å². The monoisotopic (exact) mass is 496 g/mol. The Labute approximate surface area is 211 Å². The minimum absolute atomic E-state index is 0.0867. The third-order valence-corrected chi connectivity index (χ3v) is 7.51. The van der Waals surface area contributed by atoms with Gasteiger partial charge in [0.1, 0.15) is 18.2 Å². The second-order valence-corrected chi connectivity index (χ2v) is 10.1. The molecule has 2 heterocycles. The van der Waals surface area contributed by atoms with E-state index in [2.05, 4.69) is 20.9 Å². The summed E-state index contributed by atoms with van der Waals surface area (Å²) in [6.07, 6.45) is 5.15. The molecule has 1 fully saturated rings. The van der Waals surface area contributed by atoms with E-state index < -0.39 is 29.8 Å². The van der Waals surface area contributed by atoms with Crippen LogP contribution < -0.4 is 10.6 Å². The first-order valence-electron chi connectivity index (χ1n) is 12.7. The number of benzene rings is 1. The minimum atomic E-state index is -0.839. The number of carbonyl (C=O) groups is 3. The Morgan fingerprint density at radius 2 is 1.92 bits per heavy atom. The molecule has 1 aromatic carbocycles. The van der Waals surface area contributed by atoms with Crippen molar-refractivity contribution >= 4 is 28.8 Å². The number of aromatic nitrogens is 3. The number of hydrogen-bond donors (Lipinski definition) is 3. The smallest absolute Gasteiger partial charge is 0.244 e. The predicted molar refractivity (Wildman–Crippen MR) is 134 cm³/mol. The maximum absolute atomic E-state index is 13.9. The number of likely N-dealkylation sites (tertiary alicyclic amines) is 1. The lowest BCUT2D eigenvalue weighted by molar-refractivity contribution is -0.143. The summed E-state index contributed by atoms with van der Waals surface area (Å²) in [6, 6.07) is 6.10. The van der Waals surface area contributed by atoms with E-state index in [1.807, 2.05) is 57.2 Å². The van der Waals surface area contributed by atoms with Crippen LogP contribution in [0.2, 0.25) is 0 Å². The van der Waals surface area contributed by atoms with Crippen LogP contribution in [0.4, 0.5) is 0 Å². The molecule has 36 heavy (non-hydrogen) atoms. The number of aliphatic hydroxyl groups is 1. The molecule has 10 nitrogen and oxygen atoms in total. The number of nitrogens with one attached hydrogen (secondary N) is 2. The number of carbonyl (C=O) groups excluding carboxylic acids is 3. The highest BCUT2D eigenvalue weighted by Gasteiger charge is 2.58. The number of para-hydroxylation sites is 1. The molecule has 0 radical (unpaired) electrons. The number of hydrogen-bond acceptors (Lipinski definition) is 6. The van der Waals surface area contributed by atoms with Crippen molar-refractivity contribution in [2.45, 2.75) is 52.4 Å². The lowest BCUT2D eigenvalue weighted by atomic mass is 9.69. The van der Waals surface area contributed by atoms with E-state index in [1.54, 1.807) is 16.6 Å². The predicted octanol–water partition coefficient (Wildman–Crippen LogP) is 1.31. The van der Waals surface area contributed by atoms with Crippen molar-refractivity contribution in [2.75, 3.05) is 13.7 Å². The number of allylic oxidation sites excluding steroid dienone is 1. The fourth-order valence-electron chi connectivity index (χ4n) is 5.86. The van der Waals surface area contributed by atoms with Gasteiger partial charge in [-0.3, -0.25) is 14.4 Å². The molecule has 3 N–H and O–H groups in total. The van der Waals surface area contributed by atoms with Gasteiger partial charge in [-0.1, -0.05) is 50.3 Å². The topological polar surface area (TPSA) is 129 Å². The highest BCUT2D eigenvalue weighted by atomic mass is 16.3. The summed E-state index contributed by atoms with van der Waals surface area (Å²) in [5.41, 5.74) is 1.50.